The third-order valence-electron chi connectivity index (χ3n) is 15.8. The van der Waals surface area contributed by atoms with E-state index in [0.29, 0.717) is 119 Å². The SMILES string of the molecule is COc1ccc2c(c1)C(C(=O)O)CCN2.CS(=O)(=O)N1CCc2c(N)n[nH]c2C1.Cc1ccc2c(c1)C(C(=O)n1nc(N)c3c1CN(S(C)(=O)=O)CC3)CCN2.Cc1ccc2c(c1)C(C(=O)n1nc3c(c1N)CCN(S(C)(=O)=O)C3)CCN2. The van der Waals surface area contributed by atoms with Crippen molar-refractivity contribution >= 4 is 82.4 Å². The first-order valence-electron chi connectivity index (χ1n) is 27.0. The maximum atomic E-state index is 13.4. The van der Waals surface area contributed by atoms with Gasteiger partial charge in [0.1, 0.15) is 23.2 Å². The first kappa shape index (κ1) is 60.0. The average Bonchev–Trinajstić information content (AvgIpc) is 3.31. The summed E-state index contributed by atoms with van der Waals surface area (Å²) in [5.74, 6) is -0.359. The highest BCUT2D eigenvalue weighted by atomic mass is 32.2. The van der Waals surface area contributed by atoms with Crippen LogP contribution in [0.4, 0.5) is 34.5 Å². The standard InChI is InChI=1S/2C18H23N5O3S.C11H13NO3.C7H12N4O2S/c1-11-3-4-15-14(9-11)12(5-7-20-15)18(24)23-16-10-22(27(2,25)26)8-6-13(16)17(19)21-23;1-11-3-4-15-14(9-11)12(5-7-20-15)18(24)23-17(19)13-6-8-22(27(2,25)26)10-16(13)21-23;1-15-7-2-3-10-9(6-7)8(11(13)14)4-5-12-10;1-14(12,13)11-3-2-5-6(4-11)9-10-7(5)8/h3-4,9,12,20H,5-8,10H2,1-2H3,(H2,19,21);3-4,9,12,20H,5-8,10,19H2,1-2H3;2-3,6,8,12H,4-5H2,1H3,(H,13,14);2-4H2,1H3,(H3,8,9,10). The molecule has 0 saturated carbocycles. The lowest BCUT2D eigenvalue weighted by molar-refractivity contribution is -0.139. The minimum Gasteiger partial charge on any atom is -0.497 e. The first-order valence-corrected chi connectivity index (χ1v) is 32.6. The Morgan fingerprint density at radius 3 is 1.59 bits per heavy atom. The summed E-state index contributed by atoms with van der Waals surface area (Å²) in [7, 11) is -8.20. The highest BCUT2D eigenvalue weighted by Crippen LogP contribution is 2.38. The van der Waals surface area contributed by atoms with Crippen molar-refractivity contribution < 1.29 is 49.5 Å². The molecule has 11 N–H and O–H groups in total. The Labute approximate surface area is 482 Å². The highest BCUT2D eigenvalue weighted by Gasteiger charge is 2.37. The van der Waals surface area contributed by atoms with E-state index < -0.39 is 42.0 Å². The number of hydrogen-bond donors (Lipinski definition) is 8. The van der Waals surface area contributed by atoms with E-state index in [1.54, 1.807) is 13.2 Å². The van der Waals surface area contributed by atoms with Gasteiger partial charge in [-0.25, -0.2) is 29.9 Å². The molecule has 12 rings (SSSR count). The van der Waals surface area contributed by atoms with Gasteiger partial charge in [-0.1, -0.05) is 35.4 Å². The number of carbonyl (C=O) groups excluding carboxylic acids is 2. The van der Waals surface area contributed by atoms with E-state index in [2.05, 4.69) is 36.3 Å². The fourth-order valence-corrected chi connectivity index (χ4v) is 13.6. The predicted molar refractivity (Wildman–Crippen MR) is 315 cm³/mol. The monoisotopic (exact) mass is 1200 g/mol. The van der Waals surface area contributed by atoms with E-state index in [-0.39, 0.29) is 36.7 Å². The van der Waals surface area contributed by atoms with E-state index in [1.807, 2.05) is 62.4 Å². The van der Waals surface area contributed by atoms with Crippen LogP contribution in [0, 0.1) is 13.8 Å². The Balaban J connectivity index is 0.000000139. The van der Waals surface area contributed by atoms with E-state index >= 15 is 0 Å². The number of nitrogens with one attached hydrogen (secondary N) is 4. The number of nitrogens with two attached hydrogens (primary N) is 3. The van der Waals surface area contributed by atoms with Crippen molar-refractivity contribution in [2.45, 2.75) is 89.8 Å². The molecule has 0 fully saturated rings. The van der Waals surface area contributed by atoms with Gasteiger partial charge in [-0.15, -0.1) is 5.10 Å². The van der Waals surface area contributed by atoms with E-state index in [0.717, 1.165) is 67.3 Å². The summed E-state index contributed by atoms with van der Waals surface area (Å²) >= 11 is 0. The predicted octanol–water partition coefficient (Wildman–Crippen LogP) is 3.65. The van der Waals surface area contributed by atoms with Gasteiger partial charge in [0.2, 0.25) is 30.1 Å². The van der Waals surface area contributed by atoms with Crippen LogP contribution in [0.25, 0.3) is 0 Å². The van der Waals surface area contributed by atoms with Gasteiger partial charge in [0.05, 0.1) is 80.3 Å². The van der Waals surface area contributed by atoms with Crippen LogP contribution in [0.3, 0.4) is 0 Å². The molecule has 0 aliphatic carbocycles. The summed E-state index contributed by atoms with van der Waals surface area (Å²) in [6.07, 6.45) is 7.05. The highest BCUT2D eigenvalue weighted by molar-refractivity contribution is 7.88. The number of sulfonamides is 3. The topological polar surface area (TPSA) is 371 Å². The van der Waals surface area contributed by atoms with Crippen molar-refractivity contribution in [3.8, 4) is 5.75 Å². The van der Waals surface area contributed by atoms with Gasteiger partial charge in [-0.3, -0.25) is 19.5 Å². The van der Waals surface area contributed by atoms with Crippen LogP contribution in [0.2, 0.25) is 0 Å². The number of methoxy groups -OCH3 is 1. The summed E-state index contributed by atoms with van der Waals surface area (Å²) < 4.78 is 81.9. The first-order chi connectivity index (χ1) is 39.2. The third-order valence-corrected chi connectivity index (χ3v) is 19.5. The number of hydrogen-bond acceptors (Lipinski definition) is 19. The van der Waals surface area contributed by atoms with Gasteiger partial charge in [0.15, 0.2) is 0 Å². The van der Waals surface area contributed by atoms with Crippen LogP contribution >= 0.6 is 0 Å². The molecule has 446 valence electrons. The summed E-state index contributed by atoms with van der Waals surface area (Å²) in [6.45, 7) is 7.90. The van der Waals surface area contributed by atoms with Gasteiger partial charge < -0.3 is 43.0 Å². The lowest BCUT2D eigenvalue weighted by Gasteiger charge is -2.28. The van der Waals surface area contributed by atoms with Gasteiger partial charge in [-0.2, -0.15) is 27.8 Å². The number of carbonyl (C=O) groups is 3. The number of carboxylic acid groups (broad SMARTS) is 1. The largest absolute Gasteiger partial charge is 0.497 e. The smallest absolute Gasteiger partial charge is 0.311 e. The van der Waals surface area contributed by atoms with Crippen molar-refractivity contribution in [3.05, 3.63) is 116 Å². The fraction of sp³-hybridized carbons (Fsp3) is 0.444. The molecule has 6 aliphatic heterocycles. The number of aromatic nitrogens is 6. The Bertz CT molecular complexity index is 3840. The molecule has 0 amide bonds. The second kappa shape index (κ2) is 24.0. The molecule has 3 aromatic carbocycles. The molecule has 26 nitrogen and oxygen atoms in total. The normalized spacial score (nSPS) is 19.4. The van der Waals surface area contributed by atoms with Crippen molar-refractivity contribution in [1.29, 1.82) is 0 Å². The number of nitrogen functional groups attached to an aromatic ring is 3. The zero-order valence-corrected chi connectivity index (χ0v) is 49.5. The Kier molecular flexibility index (Phi) is 17.3. The van der Waals surface area contributed by atoms with E-state index in [1.165, 1.54) is 41.0 Å². The molecule has 3 atom stereocenters. The lowest BCUT2D eigenvalue weighted by atomic mass is 9.89. The van der Waals surface area contributed by atoms with Gasteiger partial charge in [0.25, 0.3) is 11.8 Å². The van der Waals surface area contributed by atoms with Crippen LogP contribution in [0.15, 0.2) is 54.6 Å². The third kappa shape index (κ3) is 13.0. The van der Waals surface area contributed by atoms with Crippen LogP contribution in [-0.2, 0) is 73.8 Å². The molecule has 3 unspecified atom stereocenters. The van der Waals surface area contributed by atoms with Crippen LogP contribution in [-0.4, -0.2) is 156 Å². The zero-order valence-electron chi connectivity index (χ0n) is 47.1. The molecule has 0 radical (unpaired) electrons. The molecule has 6 aliphatic rings. The molecular weight excluding hydrogens is 1130 g/mol. The zero-order chi connectivity index (χ0) is 59.9. The number of rotatable bonds is 7. The molecule has 0 spiro atoms. The number of fused-ring (bicyclic) bond motifs is 6. The van der Waals surface area contributed by atoms with Crippen LogP contribution in [0.1, 0.15) is 108 Å². The lowest BCUT2D eigenvalue weighted by Crippen LogP contribution is -2.37. The van der Waals surface area contributed by atoms with Crippen molar-refractivity contribution in [3.63, 3.8) is 0 Å². The van der Waals surface area contributed by atoms with E-state index in [4.69, 9.17) is 27.0 Å². The average molecular weight is 1200 g/mol. The number of H-pyrrole nitrogens is 1. The maximum Gasteiger partial charge on any atom is 0.311 e. The number of aliphatic carboxylic acids is 1. The molecule has 9 heterocycles. The molecule has 0 bridgehead atoms. The van der Waals surface area contributed by atoms with Crippen molar-refractivity contribution in [2.24, 2.45) is 0 Å². The molecular formula is C54H71N15O11S3. The number of benzene rings is 3. The van der Waals surface area contributed by atoms with Gasteiger partial charge in [-0.05, 0) is 99.4 Å². The maximum absolute atomic E-state index is 13.4. The molecule has 83 heavy (non-hydrogen) atoms. The summed E-state index contributed by atoms with van der Waals surface area (Å²) in [6, 6.07) is 17.5. The van der Waals surface area contributed by atoms with Crippen molar-refractivity contribution in [1.82, 2.24) is 42.7 Å². The number of nitrogens with zero attached hydrogens (tertiary/aromatic N) is 8. The minimum atomic E-state index is -3.35. The number of aryl methyl sites for hydroxylation is 2. The van der Waals surface area contributed by atoms with Crippen LogP contribution in [0.5, 0.6) is 5.75 Å². The fourth-order valence-electron chi connectivity index (χ4n) is 11.3. The Hall–Kier alpha value is -7.57. The number of anilines is 6. The van der Waals surface area contributed by atoms with E-state index in [9.17, 15) is 39.6 Å². The number of aromatic amines is 1. The number of ether oxygens (including phenoxy) is 1. The minimum absolute atomic E-state index is 0.121. The molecule has 3 aromatic heterocycles. The Morgan fingerprint density at radius 2 is 1.06 bits per heavy atom. The molecule has 0 saturated heterocycles. The quantitative estimate of drug-likeness (QED) is 0.113. The molecule has 6 aromatic rings. The summed E-state index contributed by atoms with van der Waals surface area (Å²) in [4.78, 5) is 37.7. The van der Waals surface area contributed by atoms with Gasteiger partial charge in [0, 0.05) is 73.0 Å². The molecule has 29 heteroatoms. The van der Waals surface area contributed by atoms with Crippen LogP contribution < -0.4 is 37.9 Å². The Morgan fingerprint density at radius 1 is 0.590 bits per heavy atom. The second-order valence-electron chi connectivity index (χ2n) is 21.5. The summed E-state index contributed by atoms with van der Waals surface area (Å²) in [5, 5.41) is 34.2. The van der Waals surface area contributed by atoms with Gasteiger partial charge >= 0.3 is 5.97 Å². The summed E-state index contributed by atoms with van der Waals surface area (Å²) in [5.41, 5.74) is 30.0. The van der Waals surface area contributed by atoms with Crippen molar-refractivity contribution in [2.75, 3.05) is 98.3 Å². The number of carboxylic acids is 1. The second-order valence-corrected chi connectivity index (χ2v) is 27.5.